The Hall–Kier alpha value is -2.76. The van der Waals surface area contributed by atoms with Crippen molar-refractivity contribution in [3.8, 4) is 0 Å². The molecule has 3 atom stereocenters. The van der Waals surface area contributed by atoms with Gasteiger partial charge in [0.2, 0.25) is 0 Å². The summed E-state index contributed by atoms with van der Waals surface area (Å²) in [5, 5.41) is 22.0. The molecule has 2 saturated carbocycles. The Morgan fingerprint density at radius 2 is 1.86 bits per heavy atom. The number of non-ortho nitro benzene ring substituents is 1. The number of nitro benzene ring substituents is 2. The Morgan fingerprint density at radius 3 is 2.34 bits per heavy atom. The number of amides is 1. The highest BCUT2D eigenvalue weighted by Crippen LogP contribution is 2.66. The second kappa shape index (κ2) is 6.65. The minimum absolute atomic E-state index is 0.0615. The number of nitrogens with zero attached hydrogens (tertiary/aromatic N) is 2. The van der Waals surface area contributed by atoms with Gasteiger partial charge in [0.25, 0.3) is 21.4 Å². The molecule has 2 aliphatic rings. The van der Waals surface area contributed by atoms with E-state index in [0.717, 1.165) is 18.9 Å². The average molecular weight is 427 g/mol. The van der Waals surface area contributed by atoms with E-state index in [1.807, 2.05) is 6.92 Å². The van der Waals surface area contributed by atoms with Crippen LogP contribution in [0.3, 0.4) is 0 Å². The molecule has 2 bridgehead atoms. The third-order valence-electron chi connectivity index (χ3n) is 6.82. The first-order valence-corrected chi connectivity index (χ1v) is 10.4. The van der Waals surface area contributed by atoms with Gasteiger partial charge in [-0.1, -0.05) is 20.8 Å². The van der Waals surface area contributed by atoms with E-state index in [2.05, 4.69) is 13.8 Å². The molecule has 0 aromatic heterocycles. The molecule has 2 fully saturated rings. The molecular weight excluding hydrogens is 406 g/mol. The lowest BCUT2D eigenvalue weighted by atomic mass is 9.70. The summed E-state index contributed by atoms with van der Waals surface area (Å²) in [7, 11) is -4.67. The zero-order chi connectivity index (χ0) is 21.8. The summed E-state index contributed by atoms with van der Waals surface area (Å²) >= 11 is 0. The van der Waals surface area contributed by atoms with E-state index in [-0.39, 0.29) is 10.8 Å². The van der Waals surface area contributed by atoms with Crippen molar-refractivity contribution in [3.05, 3.63) is 38.4 Å². The Kier molecular flexibility index (Phi) is 4.80. The average Bonchev–Trinajstić information content (AvgIpc) is 2.94. The molecule has 0 aliphatic heterocycles. The number of carbonyl (C=O) groups excluding carboxylic acids is 1. The summed E-state index contributed by atoms with van der Waals surface area (Å²) in [5.74, 6) is 0.359. The molecule has 1 amide bonds. The molecule has 158 valence electrons. The van der Waals surface area contributed by atoms with E-state index in [1.165, 1.54) is 0 Å². The normalized spacial score (nSPS) is 27.4. The Labute approximate surface area is 166 Å². The van der Waals surface area contributed by atoms with Crippen LogP contribution >= 0.6 is 0 Å². The number of benzene rings is 1. The van der Waals surface area contributed by atoms with E-state index in [4.69, 9.17) is 4.74 Å². The van der Waals surface area contributed by atoms with Crippen LogP contribution in [0, 0.1) is 37.0 Å². The fraction of sp³-hybridized carbons (Fsp3) is 0.588. The van der Waals surface area contributed by atoms with Gasteiger partial charge in [0.1, 0.15) is 6.10 Å². The van der Waals surface area contributed by atoms with Crippen LogP contribution in [0.15, 0.2) is 23.1 Å². The molecule has 1 aromatic carbocycles. The van der Waals surface area contributed by atoms with E-state index < -0.39 is 48.3 Å². The fourth-order valence-corrected chi connectivity index (χ4v) is 5.65. The van der Waals surface area contributed by atoms with Crippen LogP contribution in [0.2, 0.25) is 0 Å². The zero-order valence-electron chi connectivity index (χ0n) is 16.1. The number of hydrogen-bond donors (Lipinski definition) is 1. The van der Waals surface area contributed by atoms with Crippen molar-refractivity contribution in [1.29, 1.82) is 0 Å². The standard InChI is InChI=1S/C17H21N3O8S/c1-16(2)10-6-7-17(16,3)14(8-10)28-15(21)18-29(26,27)13-5-4-11(19(22)23)9-12(13)20(24)25/h4-5,9-10,14H,6-8H2,1-3H3,(H,18,21). The molecule has 0 radical (unpaired) electrons. The number of nitro groups is 2. The highest BCUT2D eigenvalue weighted by atomic mass is 32.2. The third kappa shape index (κ3) is 3.30. The van der Waals surface area contributed by atoms with E-state index in [9.17, 15) is 33.4 Å². The van der Waals surface area contributed by atoms with E-state index in [1.54, 1.807) is 4.72 Å². The highest BCUT2D eigenvalue weighted by molar-refractivity contribution is 7.90. The van der Waals surface area contributed by atoms with Crippen LogP contribution in [-0.2, 0) is 14.8 Å². The minimum Gasteiger partial charge on any atom is -0.445 e. The third-order valence-corrected chi connectivity index (χ3v) is 8.18. The summed E-state index contributed by atoms with van der Waals surface area (Å²) in [5.41, 5.74) is -2.01. The molecule has 0 spiro atoms. The molecule has 3 rings (SSSR count). The molecule has 11 nitrogen and oxygen atoms in total. The number of rotatable bonds is 5. The smallest absolute Gasteiger partial charge is 0.421 e. The number of sulfonamides is 1. The Balaban J connectivity index is 1.81. The Morgan fingerprint density at radius 1 is 1.21 bits per heavy atom. The predicted molar refractivity (Wildman–Crippen MR) is 99.6 cm³/mol. The lowest BCUT2D eigenvalue weighted by Crippen LogP contribution is -2.41. The first kappa shape index (κ1) is 21.0. The van der Waals surface area contributed by atoms with Crippen LogP contribution < -0.4 is 4.72 Å². The molecule has 2 aliphatic carbocycles. The van der Waals surface area contributed by atoms with Gasteiger partial charge >= 0.3 is 6.09 Å². The number of fused-ring (bicyclic) bond motifs is 2. The summed E-state index contributed by atoms with van der Waals surface area (Å²) < 4.78 is 32.1. The predicted octanol–water partition coefficient (Wildman–Crippen LogP) is 3.13. The maximum Gasteiger partial charge on any atom is 0.421 e. The van der Waals surface area contributed by atoms with Crippen LogP contribution in [0.4, 0.5) is 16.2 Å². The van der Waals surface area contributed by atoms with Gasteiger partial charge in [-0.3, -0.25) is 20.2 Å². The second-order valence-corrected chi connectivity index (χ2v) is 9.93. The van der Waals surface area contributed by atoms with Gasteiger partial charge in [0.15, 0.2) is 4.90 Å². The number of ether oxygens (including phenoxy) is 1. The van der Waals surface area contributed by atoms with Crippen LogP contribution in [0.1, 0.15) is 40.0 Å². The van der Waals surface area contributed by atoms with E-state index >= 15 is 0 Å². The number of nitrogens with one attached hydrogen (secondary N) is 1. The van der Waals surface area contributed by atoms with Crippen molar-refractivity contribution in [2.24, 2.45) is 16.7 Å². The maximum absolute atomic E-state index is 12.5. The SMILES string of the molecule is CC1(C)C2CCC1(C)C(OC(=O)NS(=O)(=O)c1ccc([N+](=O)[O-])cc1[N+](=O)[O-])C2. The summed E-state index contributed by atoms with van der Waals surface area (Å²) in [6.45, 7) is 6.21. The van der Waals surface area contributed by atoms with Crippen molar-refractivity contribution in [2.45, 2.75) is 51.0 Å². The number of carbonyl (C=O) groups is 1. The van der Waals surface area contributed by atoms with Gasteiger partial charge in [-0.25, -0.2) is 17.9 Å². The molecule has 1 aromatic rings. The van der Waals surface area contributed by atoms with Crippen molar-refractivity contribution in [2.75, 3.05) is 0 Å². The molecule has 29 heavy (non-hydrogen) atoms. The quantitative estimate of drug-likeness (QED) is 0.554. The van der Waals surface area contributed by atoms with Crippen molar-refractivity contribution in [3.63, 3.8) is 0 Å². The number of hydrogen-bond acceptors (Lipinski definition) is 8. The van der Waals surface area contributed by atoms with Gasteiger partial charge in [-0.2, -0.15) is 0 Å². The molecule has 0 saturated heterocycles. The maximum atomic E-state index is 12.5. The summed E-state index contributed by atoms with van der Waals surface area (Å²) in [6.07, 6.45) is 0.779. The summed E-state index contributed by atoms with van der Waals surface area (Å²) in [4.78, 5) is 31.5. The van der Waals surface area contributed by atoms with Gasteiger partial charge in [0.05, 0.1) is 15.9 Å². The van der Waals surface area contributed by atoms with Crippen molar-refractivity contribution < 1.29 is 27.8 Å². The minimum atomic E-state index is -4.67. The van der Waals surface area contributed by atoms with Crippen LogP contribution in [0.25, 0.3) is 0 Å². The largest absolute Gasteiger partial charge is 0.445 e. The second-order valence-electron chi connectivity index (χ2n) is 8.28. The highest BCUT2D eigenvalue weighted by Gasteiger charge is 2.63. The Bertz CT molecular complexity index is 1010. The molecule has 12 heteroatoms. The zero-order valence-corrected chi connectivity index (χ0v) is 16.9. The van der Waals surface area contributed by atoms with Gasteiger partial charge < -0.3 is 4.74 Å². The molecule has 1 N–H and O–H groups in total. The molecule has 0 heterocycles. The van der Waals surface area contributed by atoms with Crippen molar-refractivity contribution in [1.82, 2.24) is 4.72 Å². The lowest BCUT2D eigenvalue weighted by molar-refractivity contribution is -0.396. The van der Waals surface area contributed by atoms with Crippen molar-refractivity contribution >= 4 is 27.5 Å². The van der Waals surface area contributed by atoms with E-state index in [0.29, 0.717) is 24.5 Å². The molecular formula is C17H21N3O8S. The van der Waals surface area contributed by atoms with Gasteiger partial charge in [-0.05, 0) is 36.7 Å². The first-order valence-electron chi connectivity index (χ1n) is 8.96. The van der Waals surface area contributed by atoms with Crippen LogP contribution in [0.5, 0.6) is 0 Å². The fourth-order valence-electron chi connectivity index (χ4n) is 4.62. The summed E-state index contributed by atoms with van der Waals surface area (Å²) in [6, 6.07) is 2.06. The lowest BCUT2D eigenvalue weighted by Gasteiger charge is -2.38. The van der Waals surface area contributed by atoms with Gasteiger partial charge in [0, 0.05) is 11.5 Å². The first-order chi connectivity index (χ1) is 13.3. The van der Waals surface area contributed by atoms with Gasteiger partial charge in [-0.15, -0.1) is 0 Å². The monoisotopic (exact) mass is 427 g/mol. The molecule has 3 unspecified atom stereocenters. The topological polar surface area (TPSA) is 159 Å². The van der Waals surface area contributed by atoms with Crippen LogP contribution in [-0.4, -0.2) is 30.5 Å².